The van der Waals surface area contributed by atoms with Crippen LogP contribution in [-0.4, -0.2) is 64.2 Å². The van der Waals surface area contributed by atoms with Crippen molar-refractivity contribution in [2.45, 2.75) is 38.0 Å². The molecule has 1 aromatic carbocycles. The molecule has 0 aliphatic carbocycles. The molecule has 0 unspecified atom stereocenters. The van der Waals surface area contributed by atoms with Crippen LogP contribution in [0.5, 0.6) is 0 Å². The van der Waals surface area contributed by atoms with E-state index >= 15 is 0 Å². The highest BCUT2D eigenvalue weighted by Gasteiger charge is 2.47. The van der Waals surface area contributed by atoms with E-state index in [2.05, 4.69) is 16.2 Å². The summed E-state index contributed by atoms with van der Waals surface area (Å²) in [6, 6.07) is 8.27. The third kappa shape index (κ3) is 5.13. The molecule has 2 aliphatic rings. The Hall–Kier alpha value is -3.34. The summed E-state index contributed by atoms with van der Waals surface area (Å²) in [5, 5.41) is 11.8. The Bertz CT molecular complexity index is 773. The van der Waals surface area contributed by atoms with E-state index < -0.39 is 23.9 Å². The van der Waals surface area contributed by atoms with E-state index in [-0.39, 0.29) is 31.6 Å². The summed E-state index contributed by atoms with van der Waals surface area (Å²) in [7, 11) is 0. The van der Waals surface area contributed by atoms with E-state index in [0.717, 1.165) is 5.56 Å². The molecular weight excluding hydrogens is 382 g/mol. The number of fused-ring (bicyclic) bond motifs is 2. The van der Waals surface area contributed by atoms with Crippen molar-refractivity contribution in [1.82, 2.24) is 26.1 Å². The maximum Gasteiger partial charge on any atom is 0.404 e. The SMILES string of the molecule is O=C(O)NCCC(=O)NNC(=O)[C@@H]1CC[C@@H]2CN1C(=O)N2OCc1ccccc1. The highest BCUT2D eigenvalue weighted by atomic mass is 16.7. The number of hydroxylamine groups is 2. The van der Waals surface area contributed by atoms with Gasteiger partial charge in [0, 0.05) is 19.5 Å². The minimum absolute atomic E-state index is 0.0690. The monoisotopic (exact) mass is 405 g/mol. The van der Waals surface area contributed by atoms with Crippen molar-refractivity contribution in [1.29, 1.82) is 0 Å². The van der Waals surface area contributed by atoms with E-state index in [0.29, 0.717) is 19.4 Å². The molecule has 2 heterocycles. The van der Waals surface area contributed by atoms with Crippen LogP contribution in [0.4, 0.5) is 9.59 Å². The Labute approximate surface area is 166 Å². The predicted octanol–water partition coefficient (Wildman–Crippen LogP) is 0.192. The van der Waals surface area contributed by atoms with Crippen molar-refractivity contribution in [3.8, 4) is 0 Å². The van der Waals surface area contributed by atoms with Gasteiger partial charge in [0.15, 0.2) is 0 Å². The van der Waals surface area contributed by atoms with Crippen LogP contribution in [-0.2, 0) is 21.0 Å². The van der Waals surface area contributed by atoms with Crippen LogP contribution in [0.1, 0.15) is 24.8 Å². The molecule has 2 atom stereocenters. The van der Waals surface area contributed by atoms with Gasteiger partial charge in [-0.3, -0.25) is 25.3 Å². The lowest BCUT2D eigenvalue weighted by Gasteiger charge is -2.29. The summed E-state index contributed by atoms with van der Waals surface area (Å²) in [6.45, 7) is 0.566. The average Bonchev–Trinajstić information content (AvgIpc) is 2.95. The van der Waals surface area contributed by atoms with Gasteiger partial charge >= 0.3 is 12.1 Å². The van der Waals surface area contributed by atoms with Gasteiger partial charge in [-0.1, -0.05) is 30.3 Å². The average molecular weight is 405 g/mol. The van der Waals surface area contributed by atoms with E-state index in [9.17, 15) is 19.2 Å². The van der Waals surface area contributed by atoms with Crippen molar-refractivity contribution in [2.75, 3.05) is 13.1 Å². The minimum atomic E-state index is -1.23. The summed E-state index contributed by atoms with van der Waals surface area (Å²) < 4.78 is 0. The van der Waals surface area contributed by atoms with E-state index in [4.69, 9.17) is 9.94 Å². The van der Waals surface area contributed by atoms with Crippen LogP contribution >= 0.6 is 0 Å². The number of carbonyl (C=O) groups is 4. The van der Waals surface area contributed by atoms with Gasteiger partial charge in [-0.05, 0) is 18.4 Å². The van der Waals surface area contributed by atoms with Crippen LogP contribution in [0.25, 0.3) is 0 Å². The second-order valence-corrected chi connectivity index (χ2v) is 6.79. The van der Waals surface area contributed by atoms with Crippen molar-refractivity contribution in [3.63, 3.8) is 0 Å². The number of rotatable bonds is 7. The number of hydrogen-bond donors (Lipinski definition) is 4. The number of piperidine rings is 1. The number of hydrazine groups is 1. The predicted molar refractivity (Wildman–Crippen MR) is 98.9 cm³/mol. The second kappa shape index (κ2) is 9.24. The number of nitrogens with one attached hydrogen (secondary N) is 3. The van der Waals surface area contributed by atoms with Crippen molar-refractivity contribution >= 4 is 23.9 Å². The van der Waals surface area contributed by atoms with Crippen molar-refractivity contribution in [2.24, 2.45) is 0 Å². The molecule has 0 radical (unpaired) electrons. The molecule has 11 nitrogen and oxygen atoms in total. The van der Waals surface area contributed by atoms with Gasteiger partial charge in [-0.2, -0.15) is 5.06 Å². The third-order valence-electron chi connectivity index (χ3n) is 4.79. The molecular formula is C18H23N5O6. The number of urea groups is 1. The topological polar surface area (TPSA) is 140 Å². The van der Waals surface area contributed by atoms with Gasteiger partial charge in [-0.15, -0.1) is 0 Å². The van der Waals surface area contributed by atoms with Crippen LogP contribution in [0.2, 0.25) is 0 Å². The van der Waals surface area contributed by atoms with E-state index in [1.165, 1.54) is 9.96 Å². The smallest absolute Gasteiger partial charge is 0.404 e. The van der Waals surface area contributed by atoms with Crippen LogP contribution in [0.15, 0.2) is 30.3 Å². The van der Waals surface area contributed by atoms with Crippen molar-refractivity contribution < 1.29 is 29.1 Å². The maximum atomic E-state index is 12.7. The van der Waals surface area contributed by atoms with Gasteiger partial charge < -0.3 is 15.3 Å². The highest BCUT2D eigenvalue weighted by Crippen LogP contribution is 2.30. The lowest BCUT2D eigenvalue weighted by atomic mass is 10.0. The third-order valence-corrected chi connectivity index (χ3v) is 4.79. The van der Waals surface area contributed by atoms with Gasteiger partial charge in [0.05, 0.1) is 6.04 Å². The molecule has 5 amide bonds. The second-order valence-electron chi connectivity index (χ2n) is 6.79. The molecule has 156 valence electrons. The van der Waals surface area contributed by atoms with Crippen LogP contribution < -0.4 is 16.2 Å². The first-order chi connectivity index (χ1) is 14.0. The fourth-order valence-electron chi connectivity index (χ4n) is 3.35. The number of carboxylic acid groups (broad SMARTS) is 1. The summed E-state index contributed by atoms with van der Waals surface area (Å²) in [4.78, 5) is 54.2. The zero-order chi connectivity index (χ0) is 20.8. The number of nitrogens with zero attached hydrogens (tertiary/aromatic N) is 2. The Balaban J connectivity index is 1.47. The zero-order valence-corrected chi connectivity index (χ0v) is 15.7. The highest BCUT2D eigenvalue weighted by molar-refractivity contribution is 5.90. The molecule has 0 aromatic heterocycles. The lowest BCUT2D eigenvalue weighted by Crippen LogP contribution is -2.54. The lowest BCUT2D eigenvalue weighted by molar-refractivity contribution is -0.140. The molecule has 29 heavy (non-hydrogen) atoms. The molecule has 4 N–H and O–H groups in total. The number of amides is 5. The molecule has 2 aliphatic heterocycles. The maximum absolute atomic E-state index is 12.7. The molecule has 2 fully saturated rings. The zero-order valence-electron chi connectivity index (χ0n) is 15.7. The number of hydrogen-bond acceptors (Lipinski definition) is 5. The van der Waals surface area contributed by atoms with Gasteiger partial charge in [-0.25, -0.2) is 9.59 Å². The van der Waals surface area contributed by atoms with Gasteiger partial charge in [0.1, 0.15) is 12.6 Å². The fraction of sp³-hybridized carbons (Fsp3) is 0.444. The first-order valence-electron chi connectivity index (χ1n) is 9.28. The molecule has 2 saturated heterocycles. The summed E-state index contributed by atoms with van der Waals surface area (Å²) in [6.07, 6.45) is -0.302. The molecule has 3 rings (SSSR count). The Kier molecular flexibility index (Phi) is 6.50. The molecule has 1 aromatic rings. The van der Waals surface area contributed by atoms with Crippen molar-refractivity contribution in [3.05, 3.63) is 35.9 Å². The van der Waals surface area contributed by atoms with E-state index in [1.54, 1.807) is 0 Å². The molecule has 11 heteroatoms. The Morgan fingerprint density at radius 3 is 2.62 bits per heavy atom. The fourth-order valence-corrected chi connectivity index (χ4v) is 3.35. The summed E-state index contributed by atoms with van der Waals surface area (Å²) in [5.74, 6) is -1.04. The number of benzene rings is 1. The Morgan fingerprint density at radius 2 is 1.90 bits per heavy atom. The Morgan fingerprint density at radius 1 is 1.14 bits per heavy atom. The summed E-state index contributed by atoms with van der Waals surface area (Å²) >= 11 is 0. The van der Waals surface area contributed by atoms with Gasteiger partial charge in [0.2, 0.25) is 5.91 Å². The first-order valence-corrected chi connectivity index (χ1v) is 9.28. The normalized spacial score (nSPS) is 20.3. The molecule has 2 bridgehead atoms. The van der Waals surface area contributed by atoms with Gasteiger partial charge in [0.25, 0.3) is 5.91 Å². The van der Waals surface area contributed by atoms with Crippen LogP contribution in [0, 0.1) is 0 Å². The quantitative estimate of drug-likeness (QED) is 0.478. The van der Waals surface area contributed by atoms with Crippen LogP contribution in [0.3, 0.4) is 0 Å². The standard InChI is InChI=1S/C18H23N5O6/c24-15(8-9-19-17(26)27)20-21-16(25)14-7-6-13-10-22(14)18(28)23(13)29-11-12-4-2-1-3-5-12/h1-5,13-14,19H,6-11H2,(H,20,24)(H,21,25)(H,26,27)/t13-,14+/m1/s1. The number of carbonyl (C=O) groups excluding carboxylic acids is 3. The minimum Gasteiger partial charge on any atom is -0.465 e. The van der Waals surface area contributed by atoms with E-state index in [1.807, 2.05) is 30.3 Å². The first kappa shape index (κ1) is 20.4. The largest absolute Gasteiger partial charge is 0.465 e. The summed E-state index contributed by atoms with van der Waals surface area (Å²) in [5.41, 5.74) is 5.47. The molecule has 0 saturated carbocycles. The molecule has 0 spiro atoms.